The van der Waals surface area contributed by atoms with Crippen molar-refractivity contribution in [3.63, 3.8) is 0 Å². The van der Waals surface area contributed by atoms with Crippen LogP contribution in [-0.4, -0.2) is 14.8 Å². The van der Waals surface area contributed by atoms with Gasteiger partial charge in [0.25, 0.3) is 0 Å². The average molecular weight is 158 g/mol. The van der Waals surface area contributed by atoms with E-state index < -0.39 is 7.60 Å². The van der Waals surface area contributed by atoms with Gasteiger partial charge in [0.05, 0.1) is 5.30 Å². The Hall–Kier alpha value is -0.700. The van der Waals surface area contributed by atoms with Crippen LogP contribution in [0.5, 0.6) is 0 Å². The Morgan fingerprint density at radius 3 is 2.60 bits per heavy atom. The van der Waals surface area contributed by atoms with Gasteiger partial charge in [-0.05, 0) is 12.1 Å². The van der Waals surface area contributed by atoms with Crippen LogP contribution < -0.4 is 5.30 Å². The maximum absolute atomic E-state index is 10.5. The van der Waals surface area contributed by atoms with Crippen LogP contribution in [0.15, 0.2) is 18.3 Å². The van der Waals surface area contributed by atoms with Gasteiger partial charge in [-0.1, -0.05) is 0 Å². The zero-order valence-electron chi connectivity index (χ0n) is 4.93. The van der Waals surface area contributed by atoms with Crippen LogP contribution in [0, 0.1) is 6.20 Å². The highest BCUT2D eigenvalue weighted by Gasteiger charge is 2.16. The van der Waals surface area contributed by atoms with Crippen LogP contribution in [0.3, 0.4) is 0 Å². The summed E-state index contributed by atoms with van der Waals surface area (Å²) in [7, 11) is -4.14. The molecule has 53 valence electrons. The third-order valence-electron chi connectivity index (χ3n) is 0.908. The molecule has 1 aromatic heterocycles. The monoisotopic (exact) mass is 158 g/mol. The molecule has 0 saturated heterocycles. The van der Waals surface area contributed by atoms with Gasteiger partial charge in [-0.25, -0.2) is 0 Å². The topological polar surface area (TPSA) is 70.4 Å². The smallest absolute Gasteiger partial charge is 0.321 e. The Bertz CT molecular complexity index is 255. The molecule has 0 spiro atoms. The highest BCUT2D eigenvalue weighted by Crippen LogP contribution is 2.31. The summed E-state index contributed by atoms with van der Waals surface area (Å²) in [6, 6.07) is 2.73. The molecular weight excluding hydrogens is 153 g/mol. The number of pyridine rings is 1. The van der Waals surface area contributed by atoms with Crippen molar-refractivity contribution in [2.24, 2.45) is 0 Å². The lowest BCUT2D eigenvalue weighted by atomic mass is 10.5. The largest absolute Gasteiger partial charge is 0.358 e. The molecule has 1 radical (unpaired) electrons. The predicted octanol–water partition coefficient (Wildman–Crippen LogP) is -0.315. The first-order valence-electron chi connectivity index (χ1n) is 2.49. The summed E-state index contributed by atoms with van der Waals surface area (Å²) in [5.41, 5.74) is 0. The summed E-state index contributed by atoms with van der Waals surface area (Å²) in [5.74, 6) is 0. The quantitative estimate of drug-likeness (QED) is 0.549. The van der Waals surface area contributed by atoms with Gasteiger partial charge in [0, 0.05) is 6.20 Å². The first-order chi connectivity index (χ1) is 4.61. The molecule has 1 rings (SSSR count). The lowest BCUT2D eigenvalue weighted by Crippen LogP contribution is -2.03. The summed E-state index contributed by atoms with van der Waals surface area (Å²) in [5, 5.41) is -0.171. The van der Waals surface area contributed by atoms with Crippen LogP contribution in [0.4, 0.5) is 0 Å². The van der Waals surface area contributed by atoms with Gasteiger partial charge in [0.2, 0.25) is 0 Å². The van der Waals surface area contributed by atoms with E-state index in [9.17, 15) is 4.57 Å². The van der Waals surface area contributed by atoms with E-state index in [1.165, 1.54) is 18.3 Å². The molecule has 0 amide bonds. The first kappa shape index (κ1) is 7.41. The number of rotatable bonds is 1. The van der Waals surface area contributed by atoms with E-state index in [2.05, 4.69) is 11.2 Å². The standard InChI is InChI=1S/C5H5NO3P/c7-10(8,9)5-2-1-3-6-4-5/h1-3H,(H2,7,8,9). The average Bonchev–Trinajstić information content (AvgIpc) is 1.88. The second kappa shape index (κ2) is 2.50. The van der Waals surface area contributed by atoms with E-state index in [0.717, 1.165) is 0 Å². The fourth-order valence-corrected chi connectivity index (χ4v) is 0.948. The van der Waals surface area contributed by atoms with Gasteiger partial charge in [-0.15, -0.1) is 0 Å². The molecule has 1 heterocycles. The Morgan fingerprint density at radius 2 is 2.30 bits per heavy atom. The molecule has 10 heavy (non-hydrogen) atoms. The molecule has 0 aliphatic carbocycles. The van der Waals surface area contributed by atoms with E-state index in [1.54, 1.807) is 0 Å². The van der Waals surface area contributed by atoms with Gasteiger partial charge in [-0.3, -0.25) is 9.55 Å². The van der Waals surface area contributed by atoms with E-state index in [4.69, 9.17) is 9.79 Å². The second-order valence-electron chi connectivity index (χ2n) is 1.68. The maximum Gasteiger partial charge on any atom is 0.358 e. The van der Waals surface area contributed by atoms with Crippen LogP contribution in [0.1, 0.15) is 0 Å². The zero-order chi connectivity index (χ0) is 7.61. The van der Waals surface area contributed by atoms with Crippen molar-refractivity contribution in [1.82, 2.24) is 4.98 Å². The SMILES string of the molecule is O=P(O)(O)c1[c]nccc1. The van der Waals surface area contributed by atoms with Crippen molar-refractivity contribution >= 4 is 12.9 Å². The number of hydrogen-bond donors (Lipinski definition) is 2. The summed E-state index contributed by atoms with van der Waals surface area (Å²) >= 11 is 0. The van der Waals surface area contributed by atoms with Gasteiger partial charge in [0.1, 0.15) is 6.20 Å². The Labute approximate surface area is 57.7 Å². The highest BCUT2D eigenvalue weighted by atomic mass is 31.2. The molecule has 0 bridgehead atoms. The number of hydrogen-bond acceptors (Lipinski definition) is 2. The third kappa shape index (κ3) is 1.64. The summed E-state index contributed by atoms with van der Waals surface area (Å²) in [6.45, 7) is 0. The number of nitrogens with zero attached hydrogens (tertiary/aromatic N) is 1. The van der Waals surface area contributed by atoms with Crippen molar-refractivity contribution in [3.05, 3.63) is 24.5 Å². The fourth-order valence-electron chi connectivity index (χ4n) is 0.480. The normalized spacial score (nSPS) is 11.4. The Kier molecular flexibility index (Phi) is 1.85. The van der Waals surface area contributed by atoms with E-state index in [-0.39, 0.29) is 5.30 Å². The van der Waals surface area contributed by atoms with Crippen LogP contribution in [0.25, 0.3) is 0 Å². The zero-order valence-corrected chi connectivity index (χ0v) is 5.82. The van der Waals surface area contributed by atoms with Crippen molar-refractivity contribution in [1.29, 1.82) is 0 Å². The molecule has 1 aromatic rings. The minimum absolute atomic E-state index is 0.171. The van der Waals surface area contributed by atoms with E-state index in [1.807, 2.05) is 0 Å². The molecule has 0 unspecified atom stereocenters. The van der Waals surface area contributed by atoms with Crippen LogP contribution in [0.2, 0.25) is 0 Å². The fraction of sp³-hybridized carbons (Fsp3) is 0. The van der Waals surface area contributed by atoms with Gasteiger partial charge >= 0.3 is 7.60 Å². The minimum Gasteiger partial charge on any atom is -0.321 e. The maximum atomic E-state index is 10.5. The molecule has 4 nitrogen and oxygen atoms in total. The minimum atomic E-state index is -4.14. The Morgan fingerprint density at radius 1 is 1.60 bits per heavy atom. The molecule has 0 aromatic carbocycles. The molecular formula is C5H5NO3P. The molecule has 0 fully saturated rings. The van der Waals surface area contributed by atoms with Crippen LogP contribution in [-0.2, 0) is 4.57 Å². The van der Waals surface area contributed by atoms with Gasteiger partial charge < -0.3 is 9.79 Å². The predicted molar refractivity (Wildman–Crippen MR) is 34.8 cm³/mol. The highest BCUT2D eigenvalue weighted by molar-refractivity contribution is 7.60. The van der Waals surface area contributed by atoms with Crippen LogP contribution >= 0.6 is 7.60 Å². The Balaban J connectivity index is 3.09. The van der Waals surface area contributed by atoms with Crippen molar-refractivity contribution in [3.8, 4) is 0 Å². The number of aromatic nitrogens is 1. The lowest BCUT2D eigenvalue weighted by Gasteiger charge is -1.99. The molecule has 0 aliphatic heterocycles. The summed E-state index contributed by atoms with van der Waals surface area (Å²) < 4.78 is 10.5. The first-order valence-corrected chi connectivity index (χ1v) is 4.11. The van der Waals surface area contributed by atoms with Gasteiger partial charge in [-0.2, -0.15) is 0 Å². The van der Waals surface area contributed by atoms with E-state index in [0.29, 0.717) is 0 Å². The van der Waals surface area contributed by atoms with Gasteiger partial charge in [0.15, 0.2) is 0 Å². The molecule has 0 aliphatic rings. The summed E-state index contributed by atoms with van der Waals surface area (Å²) in [6.07, 6.45) is 3.60. The third-order valence-corrected chi connectivity index (χ3v) is 1.78. The molecule has 5 heteroatoms. The lowest BCUT2D eigenvalue weighted by molar-refractivity contribution is 0.387. The molecule has 2 N–H and O–H groups in total. The molecule has 0 saturated carbocycles. The van der Waals surface area contributed by atoms with Crippen molar-refractivity contribution in [2.75, 3.05) is 0 Å². The molecule has 0 atom stereocenters. The summed E-state index contributed by atoms with van der Waals surface area (Å²) in [4.78, 5) is 20.5. The van der Waals surface area contributed by atoms with Crippen molar-refractivity contribution in [2.45, 2.75) is 0 Å². The second-order valence-corrected chi connectivity index (χ2v) is 3.25. The van der Waals surface area contributed by atoms with Crippen molar-refractivity contribution < 1.29 is 14.4 Å². The van der Waals surface area contributed by atoms with E-state index >= 15 is 0 Å².